The summed E-state index contributed by atoms with van der Waals surface area (Å²) in [5.41, 5.74) is 1.18. The zero-order valence-corrected chi connectivity index (χ0v) is 22.6. The summed E-state index contributed by atoms with van der Waals surface area (Å²) in [7, 11) is 2.11. The molecule has 1 aromatic heterocycles. The molecule has 10 heteroatoms. The number of fused-ring (bicyclic) bond motifs is 1. The van der Waals surface area contributed by atoms with Crippen LogP contribution in [0.2, 0.25) is 0 Å². The van der Waals surface area contributed by atoms with Crippen LogP contribution in [-0.4, -0.2) is 77.7 Å². The number of piperazine rings is 1. The van der Waals surface area contributed by atoms with Crippen LogP contribution < -0.4 is 14.5 Å². The third kappa shape index (κ3) is 4.31. The Balaban J connectivity index is 1.26. The van der Waals surface area contributed by atoms with Crippen LogP contribution in [0, 0.1) is 17.1 Å². The second kappa shape index (κ2) is 10.2. The summed E-state index contributed by atoms with van der Waals surface area (Å²) in [6.07, 6.45) is 3.75. The van der Waals surface area contributed by atoms with Gasteiger partial charge in [0.2, 0.25) is 0 Å². The van der Waals surface area contributed by atoms with E-state index in [0.717, 1.165) is 39.1 Å². The first kappa shape index (κ1) is 25.6. The molecule has 6 rings (SSSR count). The Labute approximate surface area is 232 Å². The Morgan fingerprint density at radius 3 is 2.64 bits per heavy atom. The third-order valence-electron chi connectivity index (χ3n) is 8.14. The van der Waals surface area contributed by atoms with Gasteiger partial charge in [0.15, 0.2) is 16.7 Å². The molecule has 2 aliphatic heterocycles. The minimum absolute atomic E-state index is 0.137. The standard InChI is InChI=1S/C29H29FN6O2S/c1-33-12-14-34(15-13-33)16-17-38-25-8-6-21(18-23(25)30)36-28(39)35(27(37)29(36)9-3-10-29)24-7-5-20(19-31)26-22(24)4-2-11-32-26/h2,4-8,11,18H,3,9-10,12-17H2,1H3. The monoisotopic (exact) mass is 544 g/mol. The van der Waals surface area contributed by atoms with Crippen molar-refractivity contribution in [2.75, 3.05) is 56.2 Å². The first-order valence-corrected chi connectivity index (χ1v) is 13.6. The lowest BCUT2D eigenvalue weighted by atomic mass is 9.75. The third-order valence-corrected chi connectivity index (χ3v) is 8.50. The van der Waals surface area contributed by atoms with Gasteiger partial charge in [-0.05, 0) is 74.9 Å². The van der Waals surface area contributed by atoms with Gasteiger partial charge in [-0.1, -0.05) is 0 Å². The highest BCUT2D eigenvalue weighted by Gasteiger charge is 2.59. The van der Waals surface area contributed by atoms with E-state index in [4.69, 9.17) is 17.0 Å². The van der Waals surface area contributed by atoms with E-state index in [0.29, 0.717) is 47.3 Å². The highest BCUT2D eigenvalue weighted by Crippen LogP contribution is 2.49. The molecule has 1 saturated carbocycles. The smallest absolute Gasteiger partial charge is 0.259 e. The number of likely N-dealkylation sites (N-methyl/N-ethyl adjacent to an activating group) is 1. The molecule has 1 aliphatic carbocycles. The summed E-state index contributed by atoms with van der Waals surface area (Å²) in [6, 6.07) is 14.0. The summed E-state index contributed by atoms with van der Waals surface area (Å²) in [5.74, 6) is -0.434. The van der Waals surface area contributed by atoms with Crippen molar-refractivity contribution in [3.63, 3.8) is 0 Å². The lowest BCUT2D eigenvalue weighted by molar-refractivity contribution is -0.123. The second-order valence-corrected chi connectivity index (χ2v) is 10.8. The van der Waals surface area contributed by atoms with Crippen molar-refractivity contribution >= 4 is 45.5 Å². The maximum Gasteiger partial charge on any atom is 0.259 e. The average molecular weight is 545 g/mol. The molecule has 3 fully saturated rings. The van der Waals surface area contributed by atoms with Crippen molar-refractivity contribution < 1.29 is 13.9 Å². The molecule has 0 radical (unpaired) electrons. The summed E-state index contributed by atoms with van der Waals surface area (Å²) in [5, 5.41) is 10.5. The maximum atomic E-state index is 15.3. The predicted molar refractivity (Wildman–Crippen MR) is 151 cm³/mol. The van der Waals surface area contributed by atoms with E-state index in [1.807, 2.05) is 6.07 Å². The zero-order chi connectivity index (χ0) is 27.1. The van der Waals surface area contributed by atoms with Crippen molar-refractivity contribution in [3.05, 3.63) is 60.0 Å². The van der Waals surface area contributed by atoms with Crippen molar-refractivity contribution in [3.8, 4) is 11.8 Å². The summed E-state index contributed by atoms with van der Waals surface area (Å²) in [4.78, 5) is 26.3. The number of benzene rings is 2. The van der Waals surface area contributed by atoms with E-state index in [2.05, 4.69) is 27.9 Å². The SMILES string of the molecule is CN1CCN(CCOc2ccc(N3C(=S)N(c4ccc(C#N)c5ncccc45)C(=O)C34CCC4)cc2F)CC1. The number of ether oxygens (including phenoxy) is 1. The molecule has 1 amide bonds. The van der Waals surface area contributed by atoms with Crippen LogP contribution in [0.3, 0.4) is 0 Å². The second-order valence-electron chi connectivity index (χ2n) is 10.4. The Bertz CT molecular complexity index is 1490. The van der Waals surface area contributed by atoms with E-state index >= 15 is 4.39 Å². The number of anilines is 2. The van der Waals surface area contributed by atoms with Gasteiger partial charge >= 0.3 is 0 Å². The van der Waals surface area contributed by atoms with Crippen LogP contribution in [0.5, 0.6) is 5.75 Å². The predicted octanol–water partition coefficient (Wildman–Crippen LogP) is 3.93. The van der Waals surface area contributed by atoms with Crippen LogP contribution in [-0.2, 0) is 4.79 Å². The van der Waals surface area contributed by atoms with Crippen molar-refractivity contribution in [2.24, 2.45) is 0 Å². The van der Waals surface area contributed by atoms with Gasteiger partial charge in [0.1, 0.15) is 18.2 Å². The van der Waals surface area contributed by atoms with Crippen molar-refractivity contribution in [2.45, 2.75) is 24.8 Å². The van der Waals surface area contributed by atoms with Gasteiger partial charge in [0.25, 0.3) is 5.91 Å². The highest BCUT2D eigenvalue weighted by atomic mass is 32.1. The fourth-order valence-electron chi connectivity index (χ4n) is 5.74. The lowest BCUT2D eigenvalue weighted by Crippen LogP contribution is -2.55. The quantitative estimate of drug-likeness (QED) is 0.432. The number of hydrogen-bond acceptors (Lipinski definition) is 7. The molecule has 0 bridgehead atoms. The molecule has 1 spiro atoms. The molecule has 3 aliphatic rings. The van der Waals surface area contributed by atoms with Crippen LogP contribution in [0.1, 0.15) is 24.8 Å². The van der Waals surface area contributed by atoms with Gasteiger partial charge in [0, 0.05) is 56.1 Å². The first-order chi connectivity index (χ1) is 18.9. The number of carbonyl (C=O) groups excluding carboxylic acids is 1. The number of nitrogens with zero attached hydrogens (tertiary/aromatic N) is 6. The molecule has 8 nitrogen and oxygen atoms in total. The highest BCUT2D eigenvalue weighted by molar-refractivity contribution is 7.81. The zero-order valence-electron chi connectivity index (χ0n) is 21.8. The Morgan fingerprint density at radius 1 is 1.15 bits per heavy atom. The van der Waals surface area contributed by atoms with Gasteiger partial charge < -0.3 is 14.5 Å². The Kier molecular flexibility index (Phi) is 6.67. The van der Waals surface area contributed by atoms with Gasteiger partial charge in [-0.15, -0.1) is 0 Å². The van der Waals surface area contributed by atoms with Gasteiger partial charge in [-0.2, -0.15) is 5.26 Å². The fraction of sp³-hybridized carbons (Fsp3) is 0.379. The maximum absolute atomic E-state index is 15.3. The van der Waals surface area contributed by atoms with Gasteiger partial charge in [0.05, 0.1) is 16.8 Å². The normalized spacial score (nSPS) is 19.5. The van der Waals surface area contributed by atoms with Crippen LogP contribution in [0.4, 0.5) is 15.8 Å². The molecule has 3 aromatic rings. The molecule has 39 heavy (non-hydrogen) atoms. The van der Waals surface area contributed by atoms with Crippen LogP contribution in [0.25, 0.3) is 10.9 Å². The van der Waals surface area contributed by atoms with Gasteiger partial charge in [-0.25, -0.2) is 4.39 Å². The molecule has 0 N–H and O–H groups in total. The number of aromatic nitrogens is 1. The molecule has 2 aromatic carbocycles. The number of carbonyl (C=O) groups is 1. The fourth-order valence-corrected chi connectivity index (χ4v) is 6.20. The topological polar surface area (TPSA) is 75.9 Å². The van der Waals surface area contributed by atoms with Crippen molar-refractivity contribution in [1.29, 1.82) is 5.26 Å². The average Bonchev–Trinajstić information content (AvgIpc) is 3.16. The van der Waals surface area contributed by atoms with Crippen LogP contribution >= 0.6 is 12.2 Å². The van der Waals surface area contributed by atoms with E-state index in [1.165, 1.54) is 11.0 Å². The molecule has 200 valence electrons. The number of hydrogen-bond donors (Lipinski definition) is 0. The number of rotatable bonds is 6. The molecular weight excluding hydrogens is 515 g/mol. The van der Waals surface area contributed by atoms with E-state index < -0.39 is 11.4 Å². The molecular formula is C29H29FN6O2S. The summed E-state index contributed by atoms with van der Waals surface area (Å²) >= 11 is 5.89. The van der Waals surface area contributed by atoms with E-state index in [9.17, 15) is 10.1 Å². The number of amides is 1. The van der Waals surface area contributed by atoms with Crippen molar-refractivity contribution in [1.82, 2.24) is 14.8 Å². The van der Waals surface area contributed by atoms with Crippen LogP contribution in [0.15, 0.2) is 48.7 Å². The van der Waals surface area contributed by atoms with E-state index in [-0.39, 0.29) is 16.8 Å². The first-order valence-electron chi connectivity index (χ1n) is 13.2. The summed E-state index contributed by atoms with van der Waals surface area (Å²) in [6.45, 7) is 5.13. The Morgan fingerprint density at radius 2 is 1.95 bits per heavy atom. The molecule has 2 saturated heterocycles. The number of thiocarbonyl (C=S) groups is 1. The molecule has 0 unspecified atom stereocenters. The lowest BCUT2D eigenvalue weighted by Gasteiger charge is -2.43. The minimum atomic E-state index is -0.851. The number of halogens is 1. The Hall–Kier alpha value is -3.65. The van der Waals surface area contributed by atoms with E-state index in [1.54, 1.807) is 41.4 Å². The minimum Gasteiger partial charge on any atom is -0.489 e. The molecule has 0 atom stereocenters. The number of pyridine rings is 1. The largest absolute Gasteiger partial charge is 0.489 e. The van der Waals surface area contributed by atoms with Gasteiger partial charge in [-0.3, -0.25) is 19.6 Å². The number of nitriles is 1. The summed E-state index contributed by atoms with van der Waals surface area (Å²) < 4.78 is 21.1. The molecule has 3 heterocycles.